The molecule has 0 fully saturated rings. The third-order valence-electron chi connectivity index (χ3n) is 1.31. The summed E-state index contributed by atoms with van der Waals surface area (Å²) >= 11 is 5.52. The topological polar surface area (TPSA) is 65.8 Å². The Morgan fingerprint density at radius 3 is 2.85 bits per heavy atom. The normalized spacial score (nSPS) is 9.08. The third kappa shape index (κ3) is 1.96. The number of carbonyl (C=O) groups is 1. The predicted molar refractivity (Wildman–Crippen MR) is 44.9 cm³/mol. The van der Waals surface area contributed by atoms with E-state index in [0.29, 0.717) is 0 Å². The lowest BCUT2D eigenvalue weighted by Gasteiger charge is -1.98. The van der Waals surface area contributed by atoms with Crippen molar-refractivity contribution in [2.75, 3.05) is 0 Å². The smallest absolute Gasteiger partial charge is 0.253 e. The van der Waals surface area contributed by atoms with Gasteiger partial charge in [0.1, 0.15) is 5.82 Å². The van der Waals surface area contributed by atoms with Gasteiger partial charge in [0, 0.05) is 4.91 Å². The first-order valence-electron chi connectivity index (χ1n) is 3.20. The van der Waals surface area contributed by atoms with Gasteiger partial charge in [0.05, 0.1) is 10.6 Å². The molecule has 0 atom stereocenters. The van der Waals surface area contributed by atoms with Crippen LogP contribution in [0.5, 0.6) is 0 Å². The highest BCUT2D eigenvalue weighted by Gasteiger charge is 2.13. The second-order valence-electron chi connectivity index (χ2n) is 2.09. The van der Waals surface area contributed by atoms with Gasteiger partial charge in [-0.3, -0.25) is 4.79 Å². The summed E-state index contributed by atoms with van der Waals surface area (Å²) in [4.78, 5) is 13.2. The number of nitrogens with zero attached hydrogens (tertiary/aromatic N) is 3. The van der Waals surface area contributed by atoms with Gasteiger partial charge < -0.3 is 0 Å². The second-order valence-corrected chi connectivity index (χ2v) is 2.50. The van der Waals surface area contributed by atoms with Crippen LogP contribution in [-0.4, -0.2) is 5.91 Å². The molecule has 0 aliphatic heterocycles. The monoisotopic (exact) mass is 199 g/mol. The highest BCUT2D eigenvalue weighted by atomic mass is 35.5. The van der Waals surface area contributed by atoms with E-state index in [0.717, 1.165) is 6.07 Å². The van der Waals surface area contributed by atoms with Crippen molar-refractivity contribution in [3.05, 3.63) is 45.0 Å². The molecule has 0 aliphatic rings. The molecular formula is C7H3ClFN3O. The van der Waals surface area contributed by atoms with E-state index < -0.39 is 17.3 Å². The molecule has 0 saturated heterocycles. The van der Waals surface area contributed by atoms with E-state index in [1.807, 2.05) is 0 Å². The van der Waals surface area contributed by atoms with Crippen molar-refractivity contribution in [3.63, 3.8) is 0 Å². The molecule has 1 rings (SSSR count). The summed E-state index contributed by atoms with van der Waals surface area (Å²) in [6, 6.07) is 3.75. The molecule has 1 amide bonds. The average molecular weight is 200 g/mol. The summed E-state index contributed by atoms with van der Waals surface area (Å²) < 4.78 is 12.9. The van der Waals surface area contributed by atoms with Gasteiger partial charge in [-0.05, 0) is 22.8 Å². The van der Waals surface area contributed by atoms with Crippen LogP contribution in [0.15, 0.2) is 23.3 Å². The fourth-order valence-corrected chi connectivity index (χ4v) is 1.04. The number of hydrogen-bond donors (Lipinski definition) is 0. The summed E-state index contributed by atoms with van der Waals surface area (Å²) in [5, 5.41) is 2.66. The van der Waals surface area contributed by atoms with Crippen LogP contribution in [0, 0.1) is 5.82 Å². The minimum atomic E-state index is -1.02. The van der Waals surface area contributed by atoms with Crippen LogP contribution >= 0.6 is 11.6 Å². The van der Waals surface area contributed by atoms with Crippen LogP contribution in [0.25, 0.3) is 10.4 Å². The van der Waals surface area contributed by atoms with Crippen molar-refractivity contribution >= 4 is 17.5 Å². The van der Waals surface area contributed by atoms with Crippen LogP contribution in [-0.2, 0) is 0 Å². The van der Waals surface area contributed by atoms with E-state index in [1.54, 1.807) is 0 Å². The molecule has 0 N–H and O–H groups in total. The number of hydrogen-bond acceptors (Lipinski definition) is 1. The van der Waals surface area contributed by atoms with Gasteiger partial charge >= 0.3 is 0 Å². The van der Waals surface area contributed by atoms with Crippen LogP contribution < -0.4 is 0 Å². The maximum absolute atomic E-state index is 12.9. The lowest BCUT2D eigenvalue weighted by Crippen LogP contribution is -1.98. The Morgan fingerprint density at radius 2 is 2.31 bits per heavy atom. The number of halogens is 2. The number of azide groups is 1. The Balaban J connectivity index is 3.27. The van der Waals surface area contributed by atoms with Crippen molar-refractivity contribution in [2.24, 2.45) is 5.11 Å². The molecule has 0 spiro atoms. The molecule has 0 bridgehead atoms. The average Bonchev–Trinajstić information content (AvgIpc) is 2.04. The van der Waals surface area contributed by atoms with Crippen molar-refractivity contribution < 1.29 is 9.18 Å². The van der Waals surface area contributed by atoms with Gasteiger partial charge in [-0.1, -0.05) is 17.7 Å². The maximum atomic E-state index is 12.9. The standard InChI is InChI=1S/C7H3ClFN3O/c8-4-2-1-3-5(9)6(4)7(13)11-12-10/h1-3H. The van der Waals surface area contributed by atoms with Gasteiger partial charge in [0.15, 0.2) is 0 Å². The van der Waals surface area contributed by atoms with Crippen molar-refractivity contribution in [2.45, 2.75) is 0 Å². The molecule has 66 valence electrons. The molecule has 0 radical (unpaired) electrons. The predicted octanol–water partition coefficient (Wildman–Crippen LogP) is 2.93. The van der Waals surface area contributed by atoms with Crippen LogP contribution in [0.1, 0.15) is 10.4 Å². The minimum Gasteiger partial charge on any atom is -0.287 e. The molecule has 0 aromatic heterocycles. The Bertz CT molecular complexity index is 380. The highest BCUT2D eigenvalue weighted by Crippen LogP contribution is 2.19. The first kappa shape index (κ1) is 9.51. The van der Waals surface area contributed by atoms with E-state index in [9.17, 15) is 9.18 Å². The van der Waals surface area contributed by atoms with Crippen LogP contribution in [0.4, 0.5) is 4.39 Å². The number of amides is 1. The largest absolute Gasteiger partial charge is 0.287 e. The zero-order chi connectivity index (χ0) is 9.84. The van der Waals surface area contributed by atoms with Gasteiger partial charge in [0.2, 0.25) is 0 Å². The quantitative estimate of drug-likeness (QED) is 0.390. The molecule has 1 aromatic rings. The SMILES string of the molecule is [N-]=[N+]=NC(=O)c1c(F)cccc1Cl. The lowest BCUT2D eigenvalue weighted by molar-refractivity contribution is 0.0996. The number of rotatable bonds is 1. The zero-order valence-corrected chi connectivity index (χ0v) is 6.99. The number of carbonyl (C=O) groups excluding carboxylic acids is 1. The molecule has 0 unspecified atom stereocenters. The van der Waals surface area contributed by atoms with Gasteiger partial charge in [-0.15, -0.1) is 0 Å². The molecule has 0 aliphatic carbocycles. The van der Waals surface area contributed by atoms with Crippen LogP contribution in [0.2, 0.25) is 5.02 Å². The molecular weight excluding hydrogens is 197 g/mol. The molecule has 6 heteroatoms. The summed E-state index contributed by atoms with van der Waals surface area (Å²) in [7, 11) is 0. The molecule has 0 heterocycles. The first-order valence-corrected chi connectivity index (χ1v) is 3.58. The van der Waals surface area contributed by atoms with Gasteiger partial charge in [0.25, 0.3) is 5.91 Å². The summed E-state index contributed by atoms with van der Waals surface area (Å²) in [5.41, 5.74) is 7.55. The fraction of sp³-hybridized carbons (Fsp3) is 0. The zero-order valence-electron chi connectivity index (χ0n) is 6.24. The lowest BCUT2D eigenvalue weighted by atomic mass is 10.2. The van der Waals surface area contributed by atoms with Gasteiger partial charge in [-0.2, -0.15) is 0 Å². The molecule has 0 saturated carbocycles. The Hall–Kier alpha value is -1.58. The minimum absolute atomic E-state index is 0.0719. The maximum Gasteiger partial charge on any atom is 0.253 e. The Morgan fingerprint density at radius 1 is 1.62 bits per heavy atom. The van der Waals surface area contributed by atoms with E-state index in [1.165, 1.54) is 12.1 Å². The first-order chi connectivity index (χ1) is 6.16. The fourth-order valence-electron chi connectivity index (χ4n) is 0.793. The second kappa shape index (κ2) is 3.89. The molecule has 4 nitrogen and oxygen atoms in total. The van der Waals surface area contributed by atoms with Crippen molar-refractivity contribution in [1.29, 1.82) is 0 Å². The Labute approximate surface area is 77.6 Å². The summed E-state index contributed by atoms with van der Waals surface area (Å²) in [6.45, 7) is 0. The van der Waals surface area contributed by atoms with Crippen molar-refractivity contribution in [1.82, 2.24) is 0 Å². The van der Waals surface area contributed by atoms with Crippen molar-refractivity contribution in [3.8, 4) is 0 Å². The Kier molecular flexibility index (Phi) is 2.84. The summed E-state index contributed by atoms with van der Waals surface area (Å²) in [6.07, 6.45) is 0. The highest BCUT2D eigenvalue weighted by molar-refractivity contribution is 6.33. The number of benzene rings is 1. The third-order valence-corrected chi connectivity index (χ3v) is 1.63. The summed E-state index contributed by atoms with van der Waals surface area (Å²) in [5.74, 6) is -1.82. The van der Waals surface area contributed by atoms with E-state index in [2.05, 4.69) is 10.0 Å². The van der Waals surface area contributed by atoms with Crippen LogP contribution in [0.3, 0.4) is 0 Å². The molecule has 1 aromatic carbocycles. The molecule has 13 heavy (non-hydrogen) atoms. The van der Waals surface area contributed by atoms with E-state index >= 15 is 0 Å². The van der Waals surface area contributed by atoms with E-state index in [-0.39, 0.29) is 5.02 Å². The van der Waals surface area contributed by atoms with E-state index in [4.69, 9.17) is 17.1 Å². The van der Waals surface area contributed by atoms with Gasteiger partial charge in [-0.25, -0.2) is 4.39 Å².